The monoisotopic (exact) mass is 676 g/mol. The highest BCUT2D eigenvalue weighted by molar-refractivity contribution is 7.22. The van der Waals surface area contributed by atoms with Gasteiger partial charge in [0.25, 0.3) is 11.2 Å². The average Bonchev–Trinajstić information content (AvgIpc) is 3.44. The highest BCUT2D eigenvalue weighted by Crippen LogP contribution is 2.38. The van der Waals surface area contributed by atoms with E-state index in [1.807, 2.05) is 35.6 Å². The number of nitrogens with two attached hydrogens (primary N) is 1. The first-order valence-electron chi connectivity index (χ1n) is 14.3. The first kappa shape index (κ1) is 33.2. The van der Waals surface area contributed by atoms with Crippen LogP contribution in [0.4, 0.5) is 14.5 Å². The van der Waals surface area contributed by atoms with Crippen LogP contribution in [0.5, 0.6) is 5.75 Å². The number of hydrogen-bond donors (Lipinski definition) is 1. The third kappa shape index (κ3) is 6.57. The maximum atomic E-state index is 15.0. The Bertz CT molecular complexity index is 2180. The van der Waals surface area contributed by atoms with Crippen molar-refractivity contribution in [2.45, 2.75) is 19.6 Å². The van der Waals surface area contributed by atoms with Crippen molar-refractivity contribution < 1.29 is 36.2 Å². The molecular formula is C34H27ClF2N4O5S. The van der Waals surface area contributed by atoms with E-state index in [-0.39, 0.29) is 39.6 Å². The second-order valence-electron chi connectivity index (χ2n) is 10.5. The molecule has 2 N–H and O–H groups in total. The van der Waals surface area contributed by atoms with Gasteiger partial charge in [0.2, 0.25) is 0 Å². The Morgan fingerprint density at radius 3 is 2.21 bits per heavy atom. The zero-order valence-corrected chi connectivity index (χ0v) is 26.4. The first-order valence-corrected chi connectivity index (χ1v) is 15.1. The Morgan fingerprint density at radius 1 is 0.872 bits per heavy atom. The van der Waals surface area contributed by atoms with Crippen LogP contribution < -0.4 is 33.7 Å². The van der Waals surface area contributed by atoms with Crippen molar-refractivity contribution in [3.8, 4) is 21.9 Å². The minimum absolute atomic E-state index is 0. The van der Waals surface area contributed by atoms with E-state index in [4.69, 9.17) is 4.74 Å². The van der Waals surface area contributed by atoms with E-state index in [1.54, 1.807) is 30.3 Å². The number of nitro groups is 1. The third-order valence-electron chi connectivity index (χ3n) is 7.67. The number of quaternary nitrogens is 1. The molecule has 0 amide bonds. The zero-order chi connectivity index (χ0) is 32.4. The second-order valence-corrected chi connectivity index (χ2v) is 11.5. The van der Waals surface area contributed by atoms with Gasteiger partial charge in [-0.3, -0.25) is 19.5 Å². The maximum absolute atomic E-state index is 15.0. The van der Waals surface area contributed by atoms with Crippen molar-refractivity contribution in [2.24, 2.45) is 0 Å². The van der Waals surface area contributed by atoms with Gasteiger partial charge in [-0.25, -0.2) is 18.1 Å². The van der Waals surface area contributed by atoms with Crippen molar-refractivity contribution in [1.29, 1.82) is 0 Å². The molecule has 0 aliphatic heterocycles. The summed E-state index contributed by atoms with van der Waals surface area (Å²) in [6.07, 6.45) is 0. The first-order chi connectivity index (χ1) is 22.3. The van der Waals surface area contributed by atoms with Crippen LogP contribution in [0, 0.1) is 21.7 Å². The smallest absolute Gasteiger partial charge is 0.337 e. The van der Waals surface area contributed by atoms with Gasteiger partial charge in [-0.05, 0) is 42.0 Å². The molecule has 0 unspecified atom stereocenters. The van der Waals surface area contributed by atoms with E-state index < -0.39 is 34.4 Å². The van der Waals surface area contributed by atoms with E-state index >= 15 is 0 Å². The molecule has 6 rings (SSSR count). The number of aromatic nitrogens is 2. The predicted molar refractivity (Wildman–Crippen MR) is 172 cm³/mol. The van der Waals surface area contributed by atoms with Crippen molar-refractivity contribution in [3.63, 3.8) is 0 Å². The molecule has 4 aromatic carbocycles. The van der Waals surface area contributed by atoms with Crippen LogP contribution in [0.15, 0.2) is 107 Å². The number of rotatable bonds is 10. The topological polar surface area (TPSA) is 113 Å². The van der Waals surface area contributed by atoms with Crippen molar-refractivity contribution in [2.75, 3.05) is 7.11 Å². The molecule has 13 heteroatoms. The van der Waals surface area contributed by atoms with Gasteiger partial charge in [-0.1, -0.05) is 42.5 Å². The molecule has 0 radical (unpaired) electrons. The van der Waals surface area contributed by atoms with Crippen molar-refractivity contribution >= 4 is 27.2 Å². The Kier molecular flexibility index (Phi) is 9.95. The van der Waals surface area contributed by atoms with Gasteiger partial charge >= 0.3 is 5.69 Å². The minimum atomic E-state index is -0.831. The molecule has 0 saturated heterocycles. The summed E-state index contributed by atoms with van der Waals surface area (Å²) in [7, 11) is 1.46. The molecule has 0 bridgehead atoms. The minimum Gasteiger partial charge on any atom is -1.00 e. The van der Waals surface area contributed by atoms with Gasteiger partial charge in [0.1, 0.15) is 35.3 Å². The summed E-state index contributed by atoms with van der Waals surface area (Å²) in [4.78, 5) is 40.3. The zero-order valence-electron chi connectivity index (χ0n) is 24.9. The maximum Gasteiger partial charge on any atom is 0.337 e. The second kappa shape index (κ2) is 14.1. The Balaban J connectivity index is 0.00000433. The third-order valence-corrected chi connectivity index (χ3v) is 8.98. The van der Waals surface area contributed by atoms with Crippen LogP contribution in [-0.2, 0) is 19.6 Å². The lowest BCUT2D eigenvalue weighted by Gasteiger charge is -2.14. The number of halogens is 3. The fourth-order valence-corrected chi connectivity index (χ4v) is 6.71. The van der Waals surface area contributed by atoms with Crippen LogP contribution in [0.25, 0.3) is 26.3 Å². The standard InChI is InChI=1S/C34H26F2N4O5S.ClH/c1-45-25-10-5-9-24(17-25)39-32(41)30-26(19-37-18-21-7-3-2-4-8-21)31(22-13-15-23(16-14-22)40(43)44)46-33(30)38(34(39)42)20-27-28(35)11-6-12-29(27)36;/h2-17,37H,18-20H2,1H3;1H. The number of non-ortho nitro benzene ring substituents is 1. The van der Waals surface area contributed by atoms with Crippen LogP contribution in [-0.4, -0.2) is 21.2 Å². The molecule has 240 valence electrons. The molecule has 6 aromatic rings. The average molecular weight is 677 g/mol. The summed E-state index contributed by atoms with van der Waals surface area (Å²) in [6, 6.07) is 25.5. The summed E-state index contributed by atoms with van der Waals surface area (Å²) < 4.78 is 37.4. The largest absolute Gasteiger partial charge is 1.00 e. The number of benzene rings is 4. The molecule has 0 atom stereocenters. The number of fused-ring (bicyclic) bond motifs is 1. The number of methoxy groups -OCH3 is 1. The molecular weight excluding hydrogens is 650 g/mol. The van der Waals surface area contributed by atoms with Crippen molar-refractivity contribution in [3.05, 3.63) is 156 Å². The lowest BCUT2D eigenvalue weighted by molar-refractivity contribution is -0.686. The number of ether oxygens (including phenoxy) is 1. The fraction of sp³-hybridized carbons (Fsp3) is 0.118. The van der Waals surface area contributed by atoms with Crippen LogP contribution in [0.3, 0.4) is 0 Å². The predicted octanol–water partition coefficient (Wildman–Crippen LogP) is 2.39. The van der Waals surface area contributed by atoms with Crippen LogP contribution >= 0.6 is 11.3 Å². The molecule has 0 spiro atoms. The van der Waals surface area contributed by atoms with Crippen LogP contribution in [0.2, 0.25) is 0 Å². The molecule has 0 saturated carbocycles. The summed E-state index contributed by atoms with van der Waals surface area (Å²) in [5.41, 5.74) is 0.641. The van der Waals surface area contributed by atoms with Gasteiger partial charge in [0, 0.05) is 39.8 Å². The summed E-state index contributed by atoms with van der Waals surface area (Å²) in [5, 5.41) is 13.6. The molecule has 47 heavy (non-hydrogen) atoms. The van der Waals surface area contributed by atoms with Gasteiger partial charge in [-0.15, -0.1) is 11.3 Å². The highest BCUT2D eigenvalue weighted by Gasteiger charge is 2.26. The summed E-state index contributed by atoms with van der Waals surface area (Å²) in [6.45, 7) is 0.411. The molecule has 2 heterocycles. The quantitative estimate of drug-likeness (QED) is 0.177. The normalized spacial score (nSPS) is 11.0. The Labute approximate surface area is 276 Å². The van der Waals surface area contributed by atoms with Gasteiger partial charge in [0.15, 0.2) is 0 Å². The van der Waals surface area contributed by atoms with E-state index in [0.29, 0.717) is 34.8 Å². The van der Waals surface area contributed by atoms with Gasteiger partial charge < -0.3 is 22.5 Å². The molecule has 9 nitrogen and oxygen atoms in total. The van der Waals surface area contributed by atoms with E-state index in [1.165, 1.54) is 35.9 Å². The number of nitrogens with zero attached hydrogens (tertiary/aromatic N) is 3. The lowest BCUT2D eigenvalue weighted by atomic mass is 10.1. The van der Waals surface area contributed by atoms with Crippen LogP contribution in [0.1, 0.15) is 16.7 Å². The fourth-order valence-electron chi connectivity index (χ4n) is 5.39. The summed E-state index contributed by atoms with van der Waals surface area (Å²) in [5.74, 6) is -1.26. The van der Waals surface area contributed by atoms with Crippen molar-refractivity contribution in [1.82, 2.24) is 9.13 Å². The highest BCUT2D eigenvalue weighted by atomic mass is 35.5. The molecule has 2 aromatic heterocycles. The molecule has 0 fully saturated rings. The Morgan fingerprint density at radius 2 is 1.55 bits per heavy atom. The van der Waals surface area contributed by atoms with E-state index in [0.717, 1.165) is 33.6 Å². The van der Waals surface area contributed by atoms with Gasteiger partial charge in [-0.2, -0.15) is 0 Å². The lowest BCUT2D eigenvalue weighted by Crippen LogP contribution is -3.00. The van der Waals surface area contributed by atoms with E-state index in [9.17, 15) is 28.5 Å². The number of nitro benzene ring substituents is 1. The number of hydrogen-bond acceptors (Lipinski definition) is 6. The summed E-state index contributed by atoms with van der Waals surface area (Å²) >= 11 is 1.13. The SMILES string of the molecule is COc1cccc(-n2c(=O)c3c(C[NH2+]Cc4ccccc4)c(-c4ccc([N+](=O)[O-])cc4)sc3n(Cc3c(F)cccc3F)c2=O)c1.[Cl-]. The van der Waals surface area contributed by atoms with Gasteiger partial charge in [0.05, 0.1) is 29.7 Å². The number of thiophene rings is 1. The van der Waals surface area contributed by atoms with E-state index in [2.05, 4.69) is 0 Å². The molecule has 0 aliphatic rings. The molecule has 0 aliphatic carbocycles. The Hall–Kier alpha value is -5.17.